The fraction of sp³-hybridized carbons (Fsp3) is 0.308. The summed E-state index contributed by atoms with van der Waals surface area (Å²) < 4.78 is 1.30. The van der Waals surface area contributed by atoms with E-state index in [9.17, 15) is 0 Å². The standard InChI is InChI=1S/C13H15NS/c1-3-5-10-7-8-11-12(9-10)15-13(14-11)6-4-2/h3,7-9H,1,4-6H2,2H3. The Labute approximate surface area is 94.5 Å². The Morgan fingerprint density at radius 2 is 2.33 bits per heavy atom. The SMILES string of the molecule is C=CCc1ccc2nc(CCC)sc2c1. The van der Waals surface area contributed by atoms with Crippen LogP contribution >= 0.6 is 11.3 Å². The van der Waals surface area contributed by atoms with E-state index in [2.05, 4.69) is 36.7 Å². The first-order chi connectivity index (χ1) is 7.33. The van der Waals surface area contributed by atoms with Gasteiger partial charge in [-0.1, -0.05) is 19.1 Å². The number of rotatable bonds is 4. The molecule has 0 saturated carbocycles. The molecule has 1 heterocycles. The van der Waals surface area contributed by atoms with E-state index in [-0.39, 0.29) is 0 Å². The number of hydrogen-bond donors (Lipinski definition) is 0. The highest BCUT2D eigenvalue weighted by Gasteiger charge is 2.03. The quantitative estimate of drug-likeness (QED) is 0.706. The van der Waals surface area contributed by atoms with Crippen LogP contribution in [-0.2, 0) is 12.8 Å². The average molecular weight is 217 g/mol. The maximum absolute atomic E-state index is 4.60. The summed E-state index contributed by atoms with van der Waals surface area (Å²) in [6, 6.07) is 6.48. The van der Waals surface area contributed by atoms with Crippen LogP contribution in [0.5, 0.6) is 0 Å². The second kappa shape index (κ2) is 4.58. The van der Waals surface area contributed by atoms with E-state index < -0.39 is 0 Å². The Bertz CT molecular complexity index is 470. The zero-order valence-corrected chi connectivity index (χ0v) is 9.81. The lowest BCUT2D eigenvalue weighted by Gasteiger charge is -1.94. The molecule has 0 radical (unpaired) electrons. The monoisotopic (exact) mass is 217 g/mol. The Hall–Kier alpha value is -1.15. The third kappa shape index (κ3) is 2.26. The van der Waals surface area contributed by atoms with E-state index in [0.29, 0.717) is 0 Å². The summed E-state index contributed by atoms with van der Waals surface area (Å²) in [7, 11) is 0. The number of hydrogen-bond acceptors (Lipinski definition) is 2. The van der Waals surface area contributed by atoms with Gasteiger partial charge in [0.05, 0.1) is 15.2 Å². The van der Waals surface area contributed by atoms with E-state index in [1.807, 2.05) is 17.4 Å². The Kier molecular flexibility index (Phi) is 3.17. The van der Waals surface area contributed by atoms with Crippen LogP contribution in [0.15, 0.2) is 30.9 Å². The van der Waals surface area contributed by atoms with Crippen LogP contribution in [0.4, 0.5) is 0 Å². The lowest BCUT2D eigenvalue weighted by molar-refractivity contribution is 0.913. The first-order valence-corrected chi connectivity index (χ1v) is 6.14. The average Bonchev–Trinajstić information content (AvgIpc) is 2.60. The molecule has 78 valence electrons. The highest BCUT2D eigenvalue weighted by atomic mass is 32.1. The molecule has 0 spiro atoms. The summed E-state index contributed by atoms with van der Waals surface area (Å²) in [5, 5.41) is 1.25. The van der Waals surface area contributed by atoms with Gasteiger partial charge in [0.25, 0.3) is 0 Å². The van der Waals surface area contributed by atoms with Gasteiger partial charge in [-0.05, 0) is 37.0 Å². The smallest absolute Gasteiger partial charge is 0.0938 e. The number of aryl methyl sites for hydroxylation is 1. The number of nitrogens with zero attached hydrogens (tertiary/aromatic N) is 1. The molecular weight excluding hydrogens is 202 g/mol. The number of aromatic nitrogens is 1. The number of thiazole rings is 1. The van der Waals surface area contributed by atoms with Gasteiger partial charge in [-0.3, -0.25) is 0 Å². The van der Waals surface area contributed by atoms with Gasteiger partial charge in [-0.2, -0.15) is 0 Å². The first-order valence-electron chi connectivity index (χ1n) is 5.32. The van der Waals surface area contributed by atoms with Crippen molar-refractivity contribution in [1.82, 2.24) is 4.98 Å². The van der Waals surface area contributed by atoms with E-state index in [0.717, 1.165) is 18.4 Å². The maximum atomic E-state index is 4.60. The topological polar surface area (TPSA) is 12.9 Å². The molecular formula is C13H15NS. The van der Waals surface area contributed by atoms with Crippen LogP contribution in [-0.4, -0.2) is 4.98 Å². The molecule has 2 rings (SSSR count). The van der Waals surface area contributed by atoms with E-state index in [1.165, 1.54) is 21.7 Å². The van der Waals surface area contributed by atoms with Crippen LogP contribution in [0.3, 0.4) is 0 Å². The van der Waals surface area contributed by atoms with Crippen molar-refractivity contribution in [3.8, 4) is 0 Å². The Morgan fingerprint density at radius 3 is 3.07 bits per heavy atom. The van der Waals surface area contributed by atoms with Crippen molar-refractivity contribution in [2.24, 2.45) is 0 Å². The zero-order chi connectivity index (χ0) is 10.7. The van der Waals surface area contributed by atoms with Crippen LogP contribution in [0.25, 0.3) is 10.2 Å². The molecule has 0 aliphatic heterocycles. The van der Waals surface area contributed by atoms with Crippen molar-refractivity contribution < 1.29 is 0 Å². The van der Waals surface area contributed by atoms with Crippen LogP contribution in [0.2, 0.25) is 0 Å². The van der Waals surface area contributed by atoms with Crippen molar-refractivity contribution in [2.75, 3.05) is 0 Å². The van der Waals surface area contributed by atoms with Crippen LogP contribution in [0.1, 0.15) is 23.9 Å². The lowest BCUT2D eigenvalue weighted by atomic mass is 10.1. The van der Waals surface area contributed by atoms with Crippen molar-refractivity contribution in [3.63, 3.8) is 0 Å². The molecule has 2 heteroatoms. The minimum atomic E-state index is 0.941. The minimum absolute atomic E-state index is 0.941. The van der Waals surface area contributed by atoms with E-state index >= 15 is 0 Å². The largest absolute Gasteiger partial charge is 0.241 e. The molecule has 2 aromatic rings. The van der Waals surface area contributed by atoms with Gasteiger partial charge in [0.1, 0.15) is 0 Å². The first kappa shape index (κ1) is 10.4. The molecule has 0 saturated heterocycles. The van der Waals surface area contributed by atoms with E-state index in [1.54, 1.807) is 0 Å². The number of benzene rings is 1. The molecule has 0 aliphatic rings. The Balaban J connectivity index is 2.38. The van der Waals surface area contributed by atoms with Gasteiger partial charge in [-0.15, -0.1) is 17.9 Å². The predicted octanol–water partition coefficient (Wildman–Crippen LogP) is 3.98. The fourth-order valence-corrected chi connectivity index (χ4v) is 2.76. The second-order valence-electron chi connectivity index (χ2n) is 3.65. The van der Waals surface area contributed by atoms with Crippen molar-refractivity contribution in [2.45, 2.75) is 26.2 Å². The van der Waals surface area contributed by atoms with Crippen molar-refractivity contribution in [1.29, 1.82) is 0 Å². The fourth-order valence-electron chi connectivity index (χ4n) is 1.63. The second-order valence-corrected chi connectivity index (χ2v) is 4.77. The Morgan fingerprint density at radius 1 is 1.47 bits per heavy atom. The van der Waals surface area contributed by atoms with Crippen LogP contribution in [0, 0.1) is 0 Å². The lowest BCUT2D eigenvalue weighted by Crippen LogP contribution is -1.80. The molecule has 1 aromatic carbocycles. The summed E-state index contributed by atoms with van der Waals surface area (Å²) in [4.78, 5) is 4.60. The minimum Gasteiger partial charge on any atom is -0.241 e. The molecule has 0 amide bonds. The molecule has 15 heavy (non-hydrogen) atoms. The van der Waals surface area contributed by atoms with Crippen molar-refractivity contribution in [3.05, 3.63) is 41.4 Å². The van der Waals surface area contributed by atoms with Gasteiger partial charge in [0.15, 0.2) is 0 Å². The molecule has 0 fully saturated rings. The summed E-state index contributed by atoms with van der Waals surface area (Å²) in [5.41, 5.74) is 2.46. The van der Waals surface area contributed by atoms with Crippen molar-refractivity contribution >= 4 is 21.6 Å². The summed E-state index contributed by atoms with van der Waals surface area (Å²) in [6.07, 6.45) is 5.14. The third-order valence-corrected chi connectivity index (χ3v) is 3.42. The van der Waals surface area contributed by atoms with Gasteiger partial charge < -0.3 is 0 Å². The number of fused-ring (bicyclic) bond motifs is 1. The normalized spacial score (nSPS) is 10.7. The number of allylic oxidation sites excluding steroid dienone is 1. The molecule has 1 nitrogen and oxygen atoms in total. The van der Waals surface area contributed by atoms with Gasteiger partial charge in [0, 0.05) is 0 Å². The van der Waals surface area contributed by atoms with Gasteiger partial charge >= 0.3 is 0 Å². The van der Waals surface area contributed by atoms with Gasteiger partial charge in [0.2, 0.25) is 0 Å². The highest BCUT2D eigenvalue weighted by Crippen LogP contribution is 2.24. The molecule has 0 unspecified atom stereocenters. The summed E-state index contributed by atoms with van der Waals surface area (Å²) >= 11 is 1.82. The highest BCUT2D eigenvalue weighted by molar-refractivity contribution is 7.18. The predicted molar refractivity (Wildman–Crippen MR) is 67.5 cm³/mol. The molecule has 0 bridgehead atoms. The molecule has 0 atom stereocenters. The molecule has 0 aliphatic carbocycles. The summed E-state index contributed by atoms with van der Waals surface area (Å²) in [6.45, 7) is 5.95. The molecule has 0 N–H and O–H groups in total. The van der Waals surface area contributed by atoms with Gasteiger partial charge in [-0.25, -0.2) is 4.98 Å². The zero-order valence-electron chi connectivity index (χ0n) is 8.99. The molecule has 1 aromatic heterocycles. The third-order valence-electron chi connectivity index (χ3n) is 2.34. The summed E-state index contributed by atoms with van der Waals surface area (Å²) in [5.74, 6) is 0. The van der Waals surface area contributed by atoms with E-state index in [4.69, 9.17) is 0 Å². The maximum Gasteiger partial charge on any atom is 0.0938 e. The van der Waals surface area contributed by atoms with Crippen LogP contribution < -0.4 is 0 Å².